The molecule has 0 aliphatic heterocycles. The summed E-state index contributed by atoms with van der Waals surface area (Å²) in [6.07, 6.45) is 3.39. The van der Waals surface area contributed by atoms with Crippen LogP contribution >= 0.6 is 0 Å². The van der Waals surface area contributed by atoms with E-state index in [0.717, 1.165) is 18.5 Å². The lowest BCUT2D eigenvalue weighted by atomic mass is 10.1. The van der Waals surface area contributed by atoms with Gasteiger partial charge in [-0.25, -0.2) is 5.84 Å². The molecule has 102 valence electrons. The summed E-state index contributed by atoms with van der Waals surface area (Å²) in [5.74, 6) is 5.34. The first-order valence-electron chi connectivity index (χ1n) is 6.50. The lowest BCUT2D eigenvalue weighted by Gasteiger charge is -2.07. The Morgan fingerprint density at radius 1 is 1.10 bits per heavy atom. The van der Waals surface area contributed by atoms with Crippen LogP contribution < -0.4 is 16.6 Å². The quantitative estimate of drug-likeness (QED) is 0.580. The number of hydrogen-bond donors (Lipinski definition) is 3. The average molecular weight is 269 g/mol. The van der Waals surface area contributed by atoms with E-state index in [1.165, 1.54) is 17.5 Å². The predicted octanol–water partition coefficient (Wildman–Crippen LogP) is 1.50. The molecule has 1 amide bonds. The summed E-state index contributed by atoms with van der Waals surface area (Å²) in [6.45, 7) is 0. The largest absolute Gasteiger partial charge is 0.321 e. The topological polar surface area (TPSA) is 92.9 Å². The number of rotatable bonds is 3. The number of benzene rings is 1. The van der Waals surface area contributed by atoms with E-state index in [2.05, 4.69) is 27.0 Å². The smallest absolute Gasteiger partial charge is 0.276 e. The summed E-state index contributed by atoms with van der Waals surface area (Å²) in [5, 5.41) is 10.4. The Morgan fingerprint density at radius 2 is 1.95 bits per heavy atom. The molecule has 0 radical (unpaired) electrons. The van der Waals surface area contributed by atoms with Crippen LogP contribution in [0.5, 0.6) is 0 Å². The molecule has 1 aliphatic rings. The van der Waals surface area contributed by atoms with Gasteiger partial charge in [-0.2, -0.15) is 0 Å². The van der Waals surface area contributed by atoms with E-state index in [1.54, 1.807) is 12.1 Å². The molecule has 4 N–H and O–H groups in total. The zero-order valence-corrected chi connectivity index (χ0v) is 10.9. The Balaban J connectivity index is 1.75. The number of hydrogen-bond acceptors (Lipinski definition) is 5. The molecule has 0 fully saturated rings. The Morgan fingerprint density at radius 3 is 2.70 bits per heavy atom. The number of nitrogens with zero attached hydrogens (tertiary/aromatic N) is 2. The molecule has 0 spiro atoms. The number of fused-ring (bicyclic) bond motifs is 1. The highest BCUT2D eigenvalue weighted by atomic mass is 16.1. The van der Waals surface area contributed by atoms with Gasteiger partial charge in [0.15, 0.2) is 11.5 Å². The zero-order valence-electron chi connectivity index (χ0n) is 10.9. The van der Waals surface area contributed by atoms with E-state index in [-0.39, 0.29) is 11.6 Å². The number of aryl methyl sites for hydroxylation is 2. The molecule has 6 heteroatoms. The van der Waals surface area contributed by atoms with Crippen molar-refractivity contribution in [2.24, 2.45) is 5.84 Å². The number of carbonyl (C=O) groups is 1. The van der Waals surface area contributed by atoms with Crippen molar-refractivity contribution in [1.82, 2.24) is 10.2 Å². The second-order valence-electron chi connectivity index (χ2n) is 4.74. The lowest BCUT2D eigenvalue weighted by molar-refractivity contribution is 0.102. The summed E-state index contributed by atoms with van der Waals surface area (Å²) in [7, 11) is 0. The van der Waals surface area contributed by atoms with E-state index >= 15 is 0 Å². The van der Waals surface area contributed by atoms with Crippen LogP contribution in [-0.4, -0.2) is 16.1 Å². The van der Waals surface area contributed by atoms with Gasteiger partial charge < -0.3 is 10.7 Å². The fourth-order valence-corrected chi connectivity index (χ4v) is 2.38. The standard InChI is InChI=1S/C14H15N5O/c15-17-13-7-6-12(18-19-13)14(20)16-11-5-4-9-2-1-3-10(9)8-11/h4-8H,1-3,15H2,(H,16,20)(H,17,19). The third-order valence-electron chi connectivity index (χ3n) is 3.40. The molecule has 3 rings (SSSR count). The van der Waals surface area contributed by atoms with Crippen molar-refractivity contribution in [2.45, 2.75) is 19.3 Å². The molecule has 1 aromatic heterocycles. The first-order chi connectivity index (χ1) is 9.76. The van der Waals surface area contributed by atoms with Gasteiger partial charge in [0.25, 0.3) is 5.91 Å². The van der Waals surface area contributed by atoms with Gasteiger partial charge in [-0.15, -0.1) is 10.2 Å². The monoisotopic (exact) mass is 269 g/mol. The van der Waals surface area contributed by atoms with Gasteiger partial charge >= 0.3 is 0 Å². The Hall–Kier alpha value is -2.47. The summed E-state index contributed by atoms with van der Waals surface area (Å²) in [4.78, 5) is 12.0. The molecule has 0 saturated heterocycles. The summed E-state index contributed by atoms with van der Waals surface area (Å²) in [5.41, 5.74) is 6.10. The van der Waals surface area contributed by atoms with Gasteiger partial charge in [0.2, 0.25) is 0 Å². The highest BCUT2D eigenvalue weighted by molar-refractivity contribution is 6.02. The maximum Gasteiger partial charge on any atom is 0.276 e. The van der Waals surface area contributed by atoms with E-state index in [1.807, 2.05) is 12.1 Å². The van der Waals surface area contributed by atoms with Crippen molar-refractivity contribution in [1.29, 1.82) is 0 Å². The van der Waals surface area contributed by atoms with Crippen LogP contribution in [0.15, 0.2) is 30.3 Å². The fourth-order valence-electron chi connectivity index (χ4n) is 2.38. The fraction of sp³-hybridized carbons (Fsp3) is 0.214. The normalized spacial score (nSPS) is 12.8. The van der Waals surface area contributed by atoms with E-state index in [9.17, 15) is 4.79 Å². The van der Waals surface area contributed by atoms with Crippen molar-refractivity contribution >= 4 is 17.4 Å². The Labute approximate surface area is 116 Å². The number of anilines is 2. The molecule has 1 aliphatic carbocycles. The predicted molar refractivity (Wildman–Crippen MR) is 76.3 cm³/mol. The van der Waals surface area contributed by atoms with Crippen LogP contribution in [0.2, 0.25) is 0 Å². The average Bonchev–Trinajstić information content (AvgIpc) is 2.95. The first-order valence-corrected chi connectivity index (χ1v) is 6.50. The minimum Gasteiger partial charge on any atom is -0.321 e. The van der Waals surface area contributed by atoms with Crippen LogP contribution in [0.1, 0.15) is 28.0 Å². The molecular weight excluding hydrogens is 254 g/mol. The number of nitrogens with one attached hydrogen (secondary N) is 2. The zero-order chi connectivity index (χ0) is 13.9. The molecule has 0 bridgehead atoms. The number of carbonyl (C=O) groups excluding carboxylic acids is 1. The molecule has 1 heterocycles. The second kappa shape index (κ2) is 5.26. The van der Waals surface area contributed by atoms with Crippen molar-refractivity contribution in [2.75, 3.05) is 10.7 Å². The van der Waals surface area contributed by atoms with E-state index in [4.69, 9.17) is 5.84 Å². The highest BCUT2D eigenvalue weighted by Crippen LogP contribution is 2.25. The molecule has 0 atom stereocenters. The summed E-state index contributed by atoms with van der Waals surface area (Å²) in [6, 6.07) is 9.20. The van der Waals surface area contributed by atoms with E-state index < -0.39 is 0 Å². The van der Waals surface area contributed by atoms with Gasteiger partial charge in [0.1, 0.15) is 0 Å². The van der Waals surface area contributed by atoms with E-state index in [0.29, 0.717) is 5.82 Å². The molecule has 6 nitrogen and oxygen atoms in total. The molecule has 1 aromatic carbocycles. The van der Waals surface area contributed by atoms with Crippen LogP contribution in [0, 0.1) is 0 Å². The molecular formula is C14H15N5O. The maximum absolute atomic E-state index is 12.0. The number of aromatic nitrogens is 2. The van der Waals surface area contributed by atoms with Gasteiger partial charge in [-0.05, 0) is 54.7 Å². The molecule has 0 saturated carbocycles. The summed E-state index contributed by atoms with van der Waals surface area (Å²) >= 11 is 0. The lowest BCUT2D eigenvalue weighted by Crippen LogP contribution is -2.16. The third kappa shape index (κ3) is 2.46. The van der Waals surface area contributed by atoms with Gasteiger partial charge in [0.05, 0.1) is 0 Å². The van der Waals surface area contributed by atoms with Crippen molar-refractivity contribution in [3.05, 3.63) is 47.2 Å². The maximum atomic E-state index is 12.0. The first kappa shape index (κ1) is 12.6. The summed E-state index contributed by atoms with van der Waals surface area (Å²) < 4.78 is 0. The van der Waals surface area contributed by atoms with Crippen LogP contribution in [0.3, 0.4) is 0 Å². The van der Waals surface area contributed by atoms with Crippen molar-refractivity contribution < 1.29 is 4.79 Å². The number of hydrazine groups is 1. The molecule has 20 heavy (non-hydrogen) atoms. The van der Waals surface area contributed by atoms with Gasteiger partial charge in [0, 0.05) is 5.69 Å². The highest BCUT2D eigenvalue weighted by Gasteiger charge is 2.13. The number of amides is 1. The van der Waals surface area contributed by atoms with Crippen LogP contribution in [0.25, 0.3) is 0 Å². The number of nitrogens with two attached hydrogens (primary N) is 1. The minimum atomic E-state index is -0.279. The second-order valence-corrected chi connectivity index (χ2v) is 4.74. The Kier molecular flexibility index (Phi) is 3.30. The SMILES string of the molecule is NNc1ccc(C(=O)Nc2ccc3c(c2)CCC3)nn1. The molecule has 2 aromatic rings. The van der Waals surface area contributed by atoms with Crippen LogP contribution in [0.4, 0.5) is 11.5 Å². The van der Waals surface area contributed by atoms with Gasteiger partial charge in [-0.1, -0.05) is 6.07 Å². The minimum absolute atomic E-state index is 0.254. The Bertz CT molecular complexity index is 639. The van der Waals surface area contributed by atoms with Crippen molar-refractivity contribution in [3.63, 3.8) is 0 Å². The van der Waals surface area contributed by atoms with Crippen LogP contribution in [-0.2, 0) is 12.8 Å². The number of nitrogen functional groups attached to an aromatic ring is 1. The van der Waals surface area contributed by atoms with Gasteiger partial charge in [-0.3, -0.25) is 4.79 Å². The molecule has 0 unspecified atom stereocenters. The van der Waals surface area contributed by atoms with Crippen molar-refractivity contribution in [3.8, 4) is 0 Å². The third-order valence-corrected chi connectivity index (χ3v) is 3.40.